The Kier molecular flexibility index (Phi) is 4.75. The molecule has 1 aliphatic heterocycles. The second-order valence-corrected chi connectivity index (χ2v) is 8.02. The minimum Gasteiger partial charge on any atom is -0.372 e. The van der Waals surface area contributed by atoms with Gasteiger partial charge >= 0.3 is 0 Å². The zero-order valence-electron chi connectivity index (χ0n) is 13.1. The molecule has 1 aliphatic carbocycles. The molecular weight excluding hydrogens is 314 g/mol. The zero-order valence-corrected chi connectivity index (χ0v) is 13.9. The minimum absolute atomic E-state index is 0.168. The van der Waals surface area contributed by atoms with E-state index in [0.29, 0.717) is 5.69 Å². The summed E-state index contributed by atoms with van der Waals surface area (Å²) in [7, 11) is -3.67. The fourth-order valence-electron chi connectivity index (χ4n) is 2.78. The van der Waals surface area contributed by atoms with Gasteiger partial charge in [-0.05, 0) is 56.4 Å². The van der Waals surface area contributed by atoms with E-state index in [4.69, 9.17) is 0 Å². The maximum Gasteiger partial charge on any atom is 0.241 e. The summed E-state index contributed by atoms with van der Waals surface area (Å²) in [5.74, 6) is -0.970. The third-order valence-electron chi connectivity index (χ3n) is 4.13. The van der Waals surface area contributed by atoms with Crippen molar-refractivity contribution >= 4 is 27.3 Å². The van der Waals surface area contributed by atoms with Crippen LogP contribution in [-0.2, 0) is 14.8 Å². The van der Waals surface area contributed by atoms with Crippen molar-refractivity contribution in [3.05, 3.63) is 24.3 Å². The van der Waals surface area contributed by atoms with E-state index < -0.39 is 21.7 Å². The molecule has 1 saturated carbocycles. The van der Waals surface area contributed by atoms with Gasteiger partial charge in [0.05, 0.1) is 0 Å². The largest absolute Gasteiger partial charge is 0.372 e. The molecule has 1 amide bonds. The number of anilines is 2. The van der Waals surface area contributed by atoms with Crippen molar-refractivity contribution < 1.29 is 13.2 Å². The summed E-state index contributed by atoms with van der Waals surface area (Å²) in [5, 5.41) is 2.68. The Morgan fingerprint density at radius 2 is 1.74 bits per heavy atom. The van der Waals surface area contributed by atoms with Crippen LogP contribution in [0.4, 0.5) is 11.4 Å². The lowest BCUT2D eigenvalue weighted by atomic mass is 10.1. The van der Waals surface area contributed by atoms with E-state index in [1.54, 1.807) is 12.1 Å². The van der Waals surface area contributed by atoms with Gasteiger partial charge in [0.15, 0.2) is 0 Å². The summed E-state index contributed by atoms with van der Waals surface area (Å²) >= 11 is 0. The van der Waals surface area contributed by atoms with Crippen molar-refractivity contribution in [2.45, 2.75) is 38.1 Å². The third kappa shape index (κ3) is 4.86. The smallest absolute Gasteiger partial charge is 0.241 e. The van der Waals surface area contributed by atoms with Gasteiger partial charge in [-0.15, -0.1) is 0 Å². The van der Waals surface area contributed by atoms with Crippen LogP contribution in [-0.4, -0.2) is 39.2 Å². The minimum atomic E-state index is -3.67. The van der Waals surface area contributed by atoms with Crippen molar-refractivity contribution in [3.63, 3.8) is 0 Å². The normalized spacial score (nSPS) is 18.5. The van der Waals surface area contributed by atoms with Crippen LogP contribution >= 0.6 is 0 Å². The van der Waals surface area contributed by atoms with Gasteiger partial charge in [0.25, 0.3) is 0 Å². The van der Waals surface area contributed by atoms with Gasteiger partial charge in [0.2, 0.25) is 15.9 Å². The molecule has 0 aromatic heterocycles. The molecular formula is C16H23N3O3S. The number of carbonyl (C=O) groups excluding carboxylic acids is 1. The first-order chi connectivity index (χ1) is 11.0. The predicted octanol–water partition coefficient (Wildman–Crippen LogP) is 1.70. The number of rotatable bonds is 6. The third-order valence-corrected chi connectivity index (χ3v) is 5.31. The fraction of sp³-hybridized carbons (Fsp3) is 0.562. The molecule has 2 aliphatic rings. The van der Waals surface area contributed by atoms with Gasteiger partial charge in [-0.3, -0.25) is 9.52 Å². The van der Waals surface area contributed by atoms with Gasteiger partial charge in [-0.25, -0.2) is 8.42 Å². The number of amides is 1. The van der Waals surface area contributed by atoms with Gasteiger partial charge in [0.1, 0.15) is 5.75 Å². The number of nitrogens with zero attached hydrogens (tertiary/aromatic N) is 1. The molecule has 2 fully saturated rings. The summed E-state index contributed by atoms with van der Waals surface area (Å²) < 4.78 is 26.5. The number of benzene rings is 1. The topological polar surface area (TPSA) is 78.5 Å². The van der Waals surface area contributed by atoms with Gasteiger partial charge in [-0.1, -0.05) is 0 Å². The number of sulfonamides is 1. The monoisotopic (exact) mass is 337 g/mol. The van der Waals surface area contributed by atoms with Crippen LogP contribution in [0.1, 0.15) is 32.1 Å². The van der Waals surface area contributed by atoms with Crippen LogP contribution in [0.2, 0.25) is 0 Å². The van der Waals surface area contributed by atoms with Crippen molar-refractivity contribution in [1.29, 1.82) is 0 Å². The van der Waals surface area contributed by atoms with Crippen LogP contribution in [0.25, 0.3) is 0 Å². The summed E-state index contributed by atoms with van der Waals surface area (Å²) in [4.78, 5) is 13.9. The number of hydrogen-bond donors (Lipinski definition) is 2. The van der Waals surface area contributed by atoms with E-state index in [9.17, 15) is 13.2 Å². The highest BCUT2D eigenvalue weighted by atomic mass is 32.2. The highest BCUT2D eigenvalue weighted by Gasteiger charge is 2.25. The van der Waals surface area contributed by atoms with Crippen LogP contribution in [0, 0.1) is 0 Å². The molecule has 1 aromatic rings. The molecule has 0 unspecified atom stereocenters. The summed E-state index contributed by atoms with van der Waals surface area (Å²) in [6.07, 6.45) is 5.56. The van der Waals surface area contributed by atoms with E-state index in [1.807, 2.05) is 12.1 Å². The number of hydrogen-bond acceptors (Lipinski definition) is 4. The van der Waals surface area contributed by atoms with Crippen molar-refractivity contribution in [1.82, 2.24) is 5.32 Å². The number of nitrogens with one attached hydrogen (secondary N) is 2. The lowest BCUT2D eigenvalue weighted by Gasteiger charge is -2.28. The molecule has 23 heavy (non-hydrogen) atoms. The fourth-order valence-corrected chi connectivity index (χ4v) is 3.77. The SMILES string of the molecule is O=C(CS(=O)(=O)Nc1ccc(N2CCCCC2)cc1)NC1CC1. The molecule has 3 rings (SSSR count). The van der Waals surface area contributed by atoms with Crippen molar-refractivity contribution in [2.24, 2.45) is 0 Å². The Labute approximate surface area is 137 Å². The first kappa shape index (κ1) is 16.1. The highest BCUT2D eigenvalue weighted by molar-refractivity contribution is 7.93. The molecule has 7 heteroatoms. The van der Waals surface area contributed by atoms with Crippen molar-refractivity contribution in [3.8, 4) is 0 Å². The van der Waals surface area contributed by atoms with E-state index in [-0.39, 0.29) is 6.04 Å². The zero-order chi connectivity index (χ0) is 16.3. The van der Waals surface area contributed by atoms with Gasteiger partial charge in [-0.2, -0.15) is 0 Å². The Morgan fingerprint density at radius 1 is 1.09 bits per heavy atom. The van der Waals surface area contributed by atoms with Gasteiger partial charge in [0, 0.05) is 30.5 Å². The molecule has 0 atom stereocenters. The maximum atomic E-state index is 12.0. The molecule has 6 nitrogen and oxygen atoms in total. The Balaban J connectivity index is 1.56. The molecule has 126 valence electrons. The number of carbonyl (C=O) groups is 1. The van der Waals surface area contributed by atoms with Gasteiger partial charge < -0.3 is 10.2 Å². The van der Waals surface area contributed by atoms with E-state index in [1.165, 1.54) is 19.3 Å². The molecule has 1 aromatic carbocycles. The standard InChI is InChI=1S/C16H23N3O3S/c20-16(17-13-4-5-13)12-23(21,22)18-14-6-8-15(9-7-14)19-10-2-1-3-11-19/h6-9,13,18H,1-5,10-12H2,(H,17,20). The predicted molar refractivity (Wildman–Crippen MR) is 91.1 cm³/mol. The maximum absolute atomic E-state index is 12.0. The highest BCUT2D eigenvalue weighted by Crippen LogP contribution is 2.22. The Hall–Kier alpha value is -1.76. The second-order valence-electron chi connectivity index (χ2n) is 6.30. The second kappa shape index (κ2) is 6.78. The molecule has 0 radical (unpaired) electrons. The van der Waals surface area contributed by atoms with Crippen LogP contribution in [0.5, 0.6) is 0 Å². The molecule has 0 bridgehead atoms. The molecule has 1 heterocycles. The first-order valence-corrected chi connectivity index (χ1v) is 9.82. The van der Waals surface area contributed by atoms with E-state index in [2.05, 4.69) is 14.9 Å². The quantitative estimate of drug-likeness (QED) is 0.828. The number of piperidine rings is 1. The van der Waals surface area contributed by atoms with Crippen LogP contribution in [0.15, 0.2) is 24.3 Å². The first-order valence-electron chi connectivity index (χ1n) is 8.17. The molecule has 1 saturated heterocycles. The molecule has 0 spiro atoms. The summed E-state index contributed by atoms with van der Waals surface area (Å²) in [6, 6.07) is 7.52. The average Bonchev–Trinajstić information content (AvgIpc) is 3.31. The lowest BCUT2D eigenvalue weighted by molar-refractivity contribution is -0.118. The average molecular weight is 337 g/mol. The summed E-state index contributed by atoms with van der Waals surface area (Å²) in [5.41, 5.74) is 1.60. The molecule has 2 N–H and O–H groups in total. The van der Waals surface area contributed by atoms with Crippen molar-refractivity contribution in [2.75, 3.05) is 28.5 Å². The summed E-state index contributed by atoms with van der Waals surface area (Å²) in [6.45, 7) is 2.10. The van der Waals surface area contributed by atoms with Crippen LogP contribution < -0.4 is 14.9 Å². The Morgan fingerprint density at radius 3 is 2.35 bits per heavy atom. The van der Waals surface area contributed by atoms with Crippen LogP contribution in [0.3, 0.4) is 0 Å². The lowest BCUT2D eigenvalue weighted by Crippen LogP contribution is -2.34. The Bertz CT molecular complexity index is 648. The van der Waals surface area contributed by atoms with E-state index >= 15 is 0 Å². The van der Waals surface area contributed by atoms with E-state index in [0.717, 1.165) is 31.6 Å².